The number of halogens is 9. The summed E-state index contributed by atoms with van der Waals surface area (Å²) in [4.78, 5) is 0. The maximum Gasteiger partial charge on any atom is 0.460 e. The Labute approximate surface area is 136 Å². The molecule has 23 heavy (non-hydrogen) atoms. The van der Waals surface area contributed by atoms with Gasteiger partial charge in [0, 0.05) is 6.42 Å². The van der Waals surface area contributed by atoms with E-state index in [1.54, 1.807) is 0 Å². The minimum absolute atomic E-state index is 0.486. The lowest BCUT2D eigenvalue weighted by Crippen LogP contribution is -2.61. The summed E-state index contributed by atoms with van der Waals surface area (Å²) >= 11 is 0. The molecule has 0 fully saturated rings. The Hall–Kier alpha value is 0.158. The van der Waals surface area contributed by atoms with Crippen LogP contribution in [0, 0.1) is 0 Å². The molecule has 0 aromatic heterocycles. The highest BCUT2D eigenvalue weighted by molar-refractivity contribution is 7.07. The fourth-order valence-electron chi connectivity index (χ4n) is 1.54. The van der Waals surface area contributed by atoms with Crippen molar-refractivity contribution in [3.05, 3.63) is 0 Å². The molecule has 0 aromatic carbocycles. The van der Waals surface area contributed by atoms with Crippen molar-refractivity contribution in [3.63, 3.8) is 0 Å². The molecule has 2 unspecified atom stereocenters. The Kier molecular flexibility index (Phi) is 8.08. The molecule has 0 rings (SSSR count). The van der Waals surface area contributed by atoms with E-state index in [-0.39, 0.29) is 0 Å². The van der Waals surface area contributed by atoms with Gasteiger partial charge < -0.3 is 8.23 Å². The summed E-state index contributed by atoms with van der Waals surface area (Å²) in [6.45, 7) is 2.88. The Morgan fingerprint density at radius 3 is 1.87 bits per heavy atom. The Morgan fingerprint density at radius 1 is 1.00 bits per heavy atom. The van der Waals surface area contributed by atoms with Crippen LogP contribution in [0.1, 0.15) is 13.3 Å². The van der Waals surface area contributed by atoms with Crippen molar-refractivity contribution in [1.29, 1.82) is 0 Å². The second-order valence-electron chi connectivity index (χ2n) is 5.24. The van der Waals surface area contributed by atoms with E-state index in [0.29, 0.717) is 10.5 Å². The molecule has 2 nitrogen and oxygen atoms in total. The number of hydrogen-bond acceptors (Lipinski definition) is 2. The topological polar surface area (TPSA) is 18.5 Å². The van der Waals surface area contributed by atoms with Crippen LogP contribution in [0.5, 0.6) is 0 Å². The van der Waals surface area contributed by atoms with Gasteiger partial charge in [0.2, 0.25) is 0 Å². The summed E-state index contributed by atoms with van der Waals surface area (Å²) < 4.78 is 124. The molecule has 0 aliphatic heterocycles. The zero-order valence-electron chi connectivity index (χ0n) is 12.5. The first-order valence-electron chi connectivity index (χ1n) is 6.41. The van der Waals surface area contributed by atoms with Gasteiger partial charge in [-0.3, -0.25) is 0 Å². The lowest BCUT2D eigenvalue weighted by molar-refractivity contribution is -0.396. The summed E-state index contributed by atoms with van der Waals surface area (Å²) in [7, 11) is -3.81. The van der Waals surface area contributed by atoms with Gasteiger partial charge in [-0.25, -0.2) is 0 Å². The zero-order valence-corrected chi connectivity index (χ0v) is 18.5. The molecule has 0 radical (unpaired) electrons. The van der Waals surface area contributed by atoms with Gasteiger partial charge in [0.15, 0.2) is 17.8 Å². The van der Waals surface area contributed by atoms with E-state index in [1.807, 2.05) is 6.55 Å². The highest BCUT2D eigenvalue weighted by Gasteiger charge is 2.81. The summed E-state index contributed by atoms with van der Waals surface area (Å²) in [5.74, 6) is -18.8. The predicted molar refractivity (Wildman–Crippen MR) is 77.1 cm³/mol. The van der Waals surface area contributed by atoms with E-state index in [9.17, 15) is 39.5 Å². The van der Waals surface area contributed by atoms with Crippen LogP contribution >= 0.6 is 0 Å². The molecular formula is C8H17F9O2Si4. The van der Waals surface area contributed by atoms with Crippen LogP contribution in [-0.4, -0.2) is 62.0 Å². The summed E-state index contributed by atoms with van der Waals surface area (Å²) in [6, 6.07) is 0. The van der Waals surface area contributed by atoms with E-state index in [2.05, 4.69) is 0 Å². The molecule has 0 bridgehead atoms. The molecule has 0 spiro atoms. The van der Waals surface area contributed by atoms with Crippen LogP contribution in [0.15, 0.2) is 0 Å². The van der Waals surface area contributed by atoms with Gasteiger partial charge in [-0.15, -0.1) is 0 Å². The van der Waals surface area contributed by atoms with Crippen LogP contribution < -0.4 is 0 Å². The molecule has 0 aromatic rings. The van der Waals surface area contributed by atoms with Crippen LogP contribution in [-0.2, 0) is 8.23 Å². The van der Waals surface area contributed by atoms with Gasteiger partial charge in [0.1, 0.15) is 20.2 Å². The highest BCUT2D eigenvalue weighted by Crippen LogP contribution is 2.54. The molecule has 0 N–H and O–H groups in total. The third-order valence-corrected chi connectivity index (χ3v) is 15.9. The van der Waals surface area contributed by atoms with Crippen molar-refractivity contribution < 1.29 is 47.7 Å². The van der Waals surface area contributed by atoms with Crippen molar-refractivity contribution in [2.24, 2.45) is 0 Å². The summed E-state index contributed by atoms with van der Waals surface area (Å²) in [6.07, 6.45) is -8.56. The van der Waals surface area contributed by atoms with Gasteiger partial charge in [-0.2, -0.15) is 39.5 Å². The van der Waals surface area contributed by atoms with Crippen LogP contribution in [0.4, 0.5) is 39.5 Å². The molecule has 140 valence electrons. The molecule has 0 aliphatic rings. The van der Waals surface area contributed by atoms with Crippen LogP contribution in [0.25, 0.3) is 0 Å². The van der Waals surface area contributed by atoms with Gasteiger partial charge >= 0.3 is 23.9 Å². The smallest absolute Gasteiger partial charge is 0.460 e. The van der Waals surface area contributed by atoms with Gasteiger partial charge in [-0.05, 0) is 5.54 Å². The maximum atomic E-state index is 13.4. The van der Waals surface area contributed by atoms with Gasteiger partial charge in [0.05, 0.1) is 0 Å². The van der Waals surface area contributed by atoms with Crippen LogP contribution in [0.2, 0.25) is 12.1 Å². The first kappa shape index (κ1) is 23.2. The number of hydrogen-bond donors (Lipinski definition) is 0. The molecule has 2 atom stereocenters. The fourth-order valence-corrected chi connectivity index (χ4v) is 11.5. The van der Waals surface area contributed by atoms with Crippen LogP contribution in [0.3, 0.4) is 0 Å². The minimum Gasteiger partial charge on any atom is -0.466 e. The number of alkyl halides is 9. The van der Waals surface area contributed by atoms with Gasteiger partial charge in [-0.1, -0.05) is 13.5 Å². The van der Waals surface area contributed by atoms with E-state index in [1.165, 1.54) is 0 Å². The standard InChI is InChI=1S/C8H17F9O2Si4/c1-4(21-19-22-23(2)18-20)3-5(9,10)6(11,12)7(13,14)8(15,16)17/h4,23H,3,21-22H2,1-2,20H3. The van der Waals surface area contributed by atoms with Crippen molar-refractivity contribution >= 4 is 38.1 Å². The molecule has 0 saturated heterocycles. The Morgan fingerprint density at radius 2 is 1.48 bits per heavy atom. The van der Waals surface area contributed by atoms with Crippen molar-refractivity contribution in [2.45, 2.75) is 49.4 Å². The molecule has 15 heteroatoms. The minimum atomic E-state index is -6.82. The third kappa shape index (κ3) is 5.58. The SMILES string of the molecule is CC(CC(F)(F)C(F)(F)C(F)(F)C(F)(F)F)[SiH2]O[SiH2][SiH](C)O[SiH3]. The Balaban J connectivity index is 4.90. The molecular weight excluding hydrogens is 411 g/mol. The lowest BCUT2D eigenvalue weighted by Gasteiger charge is -2.34. The lowest BCUT2D eigenvalue weighted by atomic mass is 10.00. The molecule has 0 heterocycles. The fraction of sp³-hybridized carbons (Fsp3) is 1.00. The zero-order chi connectivity index (χ0) is 18.7. The quantitative estimate of drug-likeness (QED) is 0.403. The first-order valence-corrected chi connectivity index (χ1v) is 14.1. The second-order valence-corrected chi connectivity index (χ2v) is 16.9. The first-order chi connectivity index (χ1) is 10.1. The predicted octanol–water partition coefficient (Wildman–Crippen LogP) is 0.985. The van der Waals surface area contributed by atoms with E-state index in [0.717, 1.165) is 6.92 Å². The number of rotatable bonds is 9. The normalized spacial score (nSPS) is 18.4. The highest BCUT2D eigenvalue weighted by atomic mass is 29.2. The molecule has 0 amide bonds. The maximum absolute atomic E-state index is 13.4. The largest absolute Gasteiger partial charge is 0.466 e. The van der Waals surface area contributed by atoms with Gasteiger partial charge in [0.25, 0.3) is 0 Å². The molecule has 0 aliphatic carbocycles. The average molecular weight is 429 g/mol. The second kappa shape index (κ2) is 8.02. The monoisotopic (exact) mass is 428 g/mol. The Bertz CT molecular complexity index is 379. The van der Waals surface area contributed by atoms with Crippen molar-refractivity contribution in [3.8, 4) is 0 Å². The van der Waals surface area contributed by atoms with Crippen molar-refractivity contribution in [2.75, 3.05) is 0 Å². The van der Waals surface area contributed by atoms with E-state index in [4.69, 9.17) is 8.23 Å². The third-order valence-electron chi connectivity index (χ3n) is 2.97. The molecule has 0 saturated carbocycles. The van der Waals surface area contributed by atoms with E-state index < -0.39 is 63.5 Å². The summed E-state index contributed by atoms with van der Waals surface area (Å²) in [5, 5.41) is 0. The van der Waals surface area contributed by atoms with Crippen molar-refractivity contribution in [1.82, 2.24) is 0 Å². The summed E-state index contributed by atoms with van der Waals surface area (Å²) in [5.41, 5.74) is -1.18. The van der Waals surface area contributed by atoms with E-state index >= 15 is 0 Å². The average Bonchev–Trinajstić information content (AvgIpc) is 2.35.